The maximum atomic E-state index is 12.0. The summed E-state index contributed by atoms with van der Waals surface area (Å²) in [6, 6.07) is 15.5. The van der Waals surface area contributed by atoms with Crippen molar-refractivity contribution in [1.29, 1.82) is 0 Å². The Kier molecular flexibility index (Phi) is 5.61. The Balaban J connectivity index is 1.64. The Bertz CT molecular complexity index is 950. The molecule has 0 saturated heterocycles. The zero-order valence-electron chi connectivity index (χ0n) is 13.7. The Morgan fingerprint density at radius 3 is 2.54 bits per heavy atom. The molecule has 0 fully saturated rings. The van der Waals surface area contributed by atoms with E-state index in [4.69, 9.17) is 32.4 Å². The van der Waals surface area contributed by atoms with Crippen LogP contribution in [0.25, 0.3) is 11.3 Å². The van der Waals surface area contributed by atoms with Crippen molar-refractivity contribution in [3.8, 4) is 17.1 Å². The van der Waals surface area contributed by atoms with Gasteiger partial charge < -0.3 is 9.15 Å². The number of benzene rings is 2. The summed E-state index contributed by atoms with van der Waals surface area (Å²) in [5.41, 5.74) is 3.71. The third-order valence-electron chi connectivity index (χ3n) is 3.54. The molecule has 3 aromatic rings. The molecule has 2 aromatic carbocycles. The van der Waals surface area contributed by atoms with Crippen LogP contribution in [0.2, 0.25) is 10.0 Å². The third-order valence-corrected chi connectivity index (χ3v) is 4.28. The van der Waals surface area contributed by atoms with E-state index in [9.17, 15) is 4.79 Å². The zero-order chi connectivity index (χ0) is 18.5. The molecule has 0 saturated carbocycles. The maximum absolute atomic E-state index is 12.0. The lowest BCUT2D eigenvalue weighted by Gasteiger charge is -2.01. The van der Waals surface area contributed by atoms with E-state index in [0.717, 1.165) is 5.56 Å². The third kappa shape index (κ3) is 4.25. The number of rotatable bonds is 5. The highest BCUT2D eigenvalue weighted by Gasteiger charge is 2.07. The van der Waals surface area contributed by atoms with Crippen LogP contribution in [-0.4, -0.2) is 19.2 Å². The molecular weight excluding hydrogens is 375 g/mol. The molecule has 1 N–H and O–H groups in total. The second-order valence-corrected chi connectivity index (χ2v) is 6.07. The van der Waals surface area contributed by atoms with E-state index in [-0.39, 0.29) is 5.91 Å². The number of hydrazone groups is 1. The summed E-state index contributed by atoms with van der Waals surface area (Å²) >= 11 is 11.9. The lowest BCUT2D eigenvalue weighted by Crippen LogP contribution is -2.17. The summed E-state index contributed by atoms with van der Waals surface area (Å²) in [7, 11) is 1.56. The zero-order valence-corrected chi connectivity index (χ0v) is 15.2. The van der Waals surface area contributed by atoms with Crippen molar-refractivity contribution in [3.05, 3.63) is 76.0 Å². The molecule has 26 heavy (non-hydrogen) atoms. The van der Waals surface area contributed by atoms with Crippen LogP contribution in [-0.2, 0) is 0 Å². The van der Waals surface area contributed by atoms with Gasteiger partial charge in [0.25, 0.3) is 5.91 Å². The standard InChI is InChI=1S/C19H14Cl2N2O3/c1-25-14-5-2-12(3-6-14)19(24)23-22-11-15-7-9-18(26-15)13-4-8-16(20)17(21)10-13/h2-11H,1H3,(H,23,24). The number of nitrogens with zero attached hydrogens (tertiary/aromatic N) is 1. The molecule has 0 aliphatic heterocycles. The second kappa shape index (κ2) is 8.08. The van der Waals surface area contributed by atoms with E-state index < -0.39 is 0 Å². The first-order valence-electron chi connectivity index (χ1n) is 7.59. The molecular formula is C19H14Cl2N2O3. The number of methoxy groups -OCH3 is 1. The summed E-state index contributed by atoms with van der Waals surface area (Å²) in [6.45, 7) is 0. The van der Waals surface area contributed by atoms with Gasteiger partial charge in [0.1, 0.15) is 17.3 Å². The quantitative estimate of drug-likeness (QED) is 0.492. The number of ether oxygens (including phenoxy) is 1. The summed E-state index contributed by atoms with van der Waals surface area (Å²) in [6.07, 6.45) is 1.42. The highest BCUT2D eigenvalue weighted by atomic mass is 35.5. The fourth-order valence-corrected chi connectivity index (χ4v) is 2.49. The Morgan fingerprint density at radius 1 is 1.08 bits per heavy atom. The summed E-state index contributed by atoms with van der Waals surface area (Å²) in [5, 5.41) is 4.83. The molecule has 0 aliphatic carbocycles. The molecule has 3 rings (SSSR count). The molecule has 7 heteroatoms. The van der Waals surface area contributed by atoms with E-state index in [2.05, 4.69) is 10.5 Å². The van der Waals surface area contributed by atoms with Gasteiger partial charge in [-0.15, -0.1) is 0 Å². The minimum atomic E-state index is -0.333. The van der Waals surface area contributed by atoms with Gasteiger partial charge in [0.2, 0.25) is 0 Å². The first-order valence-corrected chi connectivity index (χ1v) is 8.35. The molecule has 1 aromatic heterocycles. The second-order valence-electron chi connectivity index (χ2n) is 5.26. The average molecular weight is 389 g/mol. The summed E-state index contributed by atoms with van der Waals surface area (Å²) in [4.78, 5) is 12.0. The molecule has 0 atom stereocenters. The number of amides is 1. The number of hydrogen-bond acceptors (Lipinski definition) is 4. The van der Waals surface area contributed by atoms with Crippen LogP contribution in [0.5, 0.6) is 5.75 Å². The van der Waals surface area contributed by atoms with Crippen LogP contribution in [0.4, 0.5) is 0 Å². The van der Waals surface area contributed by atoms with E-state index in [0.29, 0.717) is 32.9 Å². The number of carbonyl (C=O) groups excluding carboxylic acids is 1. The average Bonchev–Trinajstić information content (AvgIpc) is 3.13. The van der Waals surface area contributed by atoms with Crippen molar-refractivity contribution in [2.45, 2.75) is 0 Å². The summed E-state index contributed by atoms with van der Waals surface area (Å²) < 4.78 is 10.7. The molecule has 0 aliphatic rings. The number of furan rings is 1. The predicted molar refractivity (Wildman–Crippen MR) is 102 cm³/mol. The van der Waals surface area contributed by atoms with Crippen LogP contribution in [0.3, 0.4) is 0 Å². The van der Waals surface area contributed by atoms with Gasteiger partial charge in [-0.2, -0.15) is 5.10 Å². The van der Waals surface area contributed by atoms with Crippen LogP contribution in [0.15, 0.2) is 64.1 Å². The lowest BCUT2D eigenvalue weighted by atomic mass is 10.2. The number of halogens is 2. The Hall–Kier alpha value is -2.76. The van der Waals surface area contributed by atoms with Gasteiger partial charge in [-0.25, -0.2) is 5.43 Å². The highest BCUT2D eigenvalue weighted by Crippen LogP contribution is 2.29. The van der Waals surface area contributed by atoms with Crippen molar-refractivity contribution in [2.75, 3.05) is 7.11 Å². The molecule has 5 nitrogen and oxygen atoms in total. The molecule has 132 valence electrons. The van der Waals surface area contributed by atoms with E-state index in [1.165, 1.54) is 6.21 Å². The van der Waals surface area contributed by atoms with E-state index in [1.54, 1.807) is 61.7 Å². The van der Waals surface area contributed by atoms with Gasteiger partial charge in [-0.3, -0.25) is 4.79 Å². The first kappa shape index (κ1) is 18.0. The van der Waals surface area contributed by atoms with Gasteiger partial charge in [0.15, 0.2) is 0 Å². The van der Waals surface area contributed by atoms with Gasteiger partial charge in [-0.1, -0.05) is 23.2 Å². The highest BCUT2D eigenvalue weighted by molar-refractivity contribution is 6.42. The van der Waals surface area contributed by atoms with Gasteiger partial charge in [0.05, 0.1) is 23.4 Å². The van der Waals surface area contributed by atoms with E-state index >= 15 is 0 Å². The van der Waals surface area contributed by atoms with Crippen LogP contribution in [0.1, 0.15) is 16.1 Å². The smallest absolute Gasteiger partial charge is 0.271 e. The van der Waals surface area contributed by atoms with Gasteiger partial charge in [-0.05, 0) is 54.6 Å². The maximum Gasteiger partial charge on any atom is 0.271 e. The number of carbonyl (C=O) groups is 1. The molecule has 0 unspecified atom stereocenters. The van der Waals surface area contributed by atoms with Gasteiger partial charge >= 0.3 is 0 Å². The molecule has 1 heterocycles. The Morgan fingerprint density at radius 2 is 1.85 bits per heavy atom. The van der Waals surface area contributed by atoms with E-state index in [1.807, 2.05) is 0 Å². The monoisotopic (exact) mass is 388 g/mol. The predicted octanol–water partition coefficient (Wildman–Crippen LogP) is 5.03. The fourth-order valence-electron chi connectivity index (χ4n) is 2.19. The number of nitrogens with one attached hydrogen (secondary N) is 1. The largest absolute Gasteiger partial charge is 0.497 e. The van der Waals surface area contributed by atoms with Crippen molar-refractivity contribution < 1.29 is 13.9 Å². The summed E-state index contributed by atoms with van der Waals surface area (Å²) in [5.74, 6) is 1.45. The van der Waals surface area contributed by atoms with Crippen molar-refractivity contribution in [1.82, 2.24) is 5.43 Å². The SMILES string of the molecule is COc1ccc(C(=O)NN=Cc2ccc(-c3ccc(Cl)c(Cl)c3)o2)cc1. The van der Waals surface area contributed by atoms with Crippen molar-refractivity contribution in [3.63, 3.8) is 0 Å². The fraction of sp³-hybridized carbons (Fsp3) is 0.0526. The van der Waals surface area contributed by atoms with Crippen molar-refractivity contribution in [2.24, 2.45) is 5.10 Å². The number of hydrogen-bond donors (Lipinski definition) is 1. The first-order chi connectivity index (χ1) is 12.6. The van der Waals surface area contributed by atoms with Crippen LogP contribution < -0.4 is 10.2 Å². The van der Waals surface area contributed by atoms with Crippen molar-refractivity contribution >= 4 is 35.3 Å². The molecule has 1 amide bonds. The molecule has 0 bridgehead atoms. The molecule has 0 spiro atoms. The van der Waals surface area contributed by atoms with Gasteiger partial charge in [0, 0.05) is 11.1 Å². The van der Waals surface area contributed by atoms with Crippen LogP contribution in [0, 0.1) is 0 Å². The molecule has 0 radical (unpaired) electrons. The lowest BCUT2D eigenvalue weighted by molar-refractivity contribution is 0.0955. The topological polar surface area (TPSA) is 63.8 Å². The minimum Gasteiger partial charge on any atom is -0.497 e. The van der Waals surface area contributed by atoms with Crippen LogP contribution >= 0.6 is 23.2 Å². The minimum absolute atomic E-state index is 0.333. The normalized spacial score (nSPS) is 10.9. The Labute approximate surface area is 160 Å².